The van der Waals surface area contributed by atoms with Crippen molar-refractivity contribution >= 4 is 10.0 Å². The van der Waals surface area contributed by atoms with Gasteiger partial charge < -0.3 is 4.74 Å². The monoisotopic (exact) mass is 337 g/mol. The molecule has 0 spiro atoms. The van der Waals surface area contributed by atoms with Crippen LogP contribution in [0.4, 0.5) is 4.39 Å². The molecular weight excluding hydrogens is 317 g/mol. The van der Waals surface area contributed by atoms with E-state index in [-0.39, 0.29) is 4.90 Å². The van der Waals surface area contributed by atoms with Gasteiger partial charge in [0.2, 0.25) is 10.0 Å². The van der Waals surface area contributed by atoms with Crippen molar-refractivity contribution in [2.24, 2.45) is 0 Å². The summed E-state index contributed by atoms with van der Waals surface area (Å²) in [6.07, 6.45) is 1.34. The molecular formula is C17H20FNO3S. The van der Waals surface area contributed by atoms with Crippen LogP contribution >= 0.6 is 0 Å². The third-order valence-electron chi connectivity index (χ3n) is 3.53. The Labute approximate surface area is 136 Å². The molecule has 0 amide bonds. The maximum absolute atomic E-state index is 13.1. The number of hydrogen-bond donors (Lipinski definition) is 1. The van der Waals surface area contributed by atoms with Crippen molar-refractivity contribution in [1.29, 1.82) is 0 Å². The van der Waals surface area contributed by atoms with E-state index in [2.05, 4.69) is 4.72 Å². The molecule has 23 heavy (non-hydrogen) atoms. The van der Waals surface area contributed by atoms with Crippen LogP contribution in [0, 0.1) is 12.7 Å². The molecule has 0 atom stereocenters. The van der Waals surface area contributed by atoms with Crippen molar-refractivity contribution in [1.82, 2.24) is 4.72 Å². The molecule has 0 aliphatic rings. The zero-order valence-corrected chi connectivity index (χ0v) is 14.0. The van der Waals surface area contributed by atoms with Crippen LogP contribution in [0.15, 0.2) is 47.4 Å². The van der Waals surface area contributed by atoms with E-state index >= 15 is 0 Å². The maximum atomic E-state index is 13.1. The fourth-order valence-electron chi connectivity index (χ4n) is 2.39. The van der Waals surface area contributed by atoms with E-state index in [1.54, 1.807) is 14.0 Å². The van der Waals surface area contributed by atoms with E-state index in [0.717, 1.165) is 17.4 Å². The Hall–Kier alpha value is -1.92. The lowest BCUT2D eigenvalue weighted by atomic mass is 10.1. The summed E-state index contributed by atoms with van der Waals surface area (Å²) in [4.78, 5) is 0.108. The Balaban J connectivity index is 1.95. The molecule has 0 bridgehead atoms. The normalized spacial score (nSPS) is 11.4. The van der Waals surface area contributed by atoms with Crippen LogP contribution in [0.25, 0.3) is 0 Å². The molecule has 1 N–H and O–H groups in total. The van der Waals surface area contributed by atoms with Crippen molar-refractivity contribution in [2.75, 3.05) is 13.7 Å². The van der Waals surface area contributed by atoms with Crippen molar-refractivity contribution in [3.05, 3.63) is 59.4 Å². The molecule has 2 aromatic carbocycles. The summed E-state index contributed by atoms with van der Waals surface area (Å²) in [7, 11) is -2.02. The Morgan fingerprint density at radius 2 is 1.91 bits per heavy atom. The summed E-state index contributed by atoms with van der Waals surface area (Å²) < 4.78 is 45.4. The molecule has 0 aliphatic heterocycles. The van der Waals surface area contributed by atoms with Crippen LogP contribution in [-0.4, -0.2) is 22.1 Å². The van der Waals surface area contributed by atoms with Crippen molar-refractivity contribution in [2.45, 2.75) is 24.7 Å². The lowest BCUT2D eigenvalue weighted by molar-refractivity contribution is 0.409. The second-order valence-corrected chi connectivity index (χ2v) is 6.96. The largest absolute Gasteiger partial charge is 0.496 e. The van der Waals surface area contributed by atoms with E-state index in [0.29, 0.717) is 24.9 Å². The van der Waals surface area contributed by atoms with Gasteiger partial charge in [0.25, 0.3) is 0 Å². The number of hydrogen-bond acceptors (Lipinski definition) is 3. The number of rotatable bonds is 7. The summed E-state index contributed by atoms with van der Waals surface area (Å²) >= 11 is 0. The molecule has 124 valence electrons. The van der Waals surface area contributed by atoms with Gasteiger partial charge in [-0.05, 0) is 55.2 Å². The van der Waals surface area contributed by atoms with Gasteiger partial charge in [0.05, 0.1) is 12.0 Å². The van der Waals surface area contributed by atoms with E-state index in [1.807, 2.05) is 24.3 Å². The number of nitrogens with one attached hydrogen (secondary N) is 1. The lowest BCUT2D eigenvalue weighted by Crippen LogP contribution is -2.25. The first kappa shape index (κ1) is 17.4. The van der Waals surface area contributed by atoms with Gasteiger partial charge in [-0.1, -0.05) is 18.2 Å². The summed E-state index contributed by atoms with van der Waals surface area (Å²) in [5, 5.41) is 0. The third-order valence-corrected chi connectivity index (χ3v) is 5.16. The molecule has 2 aromatic rings. The highest BCUT2D eigenvalue weighted by atomic mass is 32.2. The summed E-state index contributed by atoms with van der Waals surface area (Å²) in [5.41, 5.74) is 1.43. The number of halogens is 1. The van der Waals surface area contributed by atoms with Gasteiger partial charge >= 0.3 is 0 Å². The topological polar surface area (TPSA) is 55.4 Å². The van der Waals surface area contributed by atoms with Crippen molar-refractivity contribution in [3.63, 3.8) is 0 Å². The summed E-state index contributed by atoms with van der Waals surface area (Å²) in [6, 6.07) is 11.3. The fourth-order valence-corrected chi connectivity index (χ4v) is 3.69. The highest BCUT2D eigenvalue weighted by Gasteiger charge is 2.16. The van der Waals surface area contributed by atoms with Crippen LogP contribution in [0.2, 0.25) is 0 Å². The van der Waals surface area contributed by atoms with Crippen LogP contribution in [0.5, 0.6) is 5.75 Å². The van der Waals surface area contributed by atoms with E-state index in [9.17, 15) is 12.8 Å². The lowest BCUT2D eigenvalue weighted by Gasteiger charge is -2.10. The van der Waals surface area contributed by atoms with Gasteiger partial charge in [-0.15, -0.1) is 0 Å². The standard InChI is InChI=1S/C17H20FNO3S/c1-13-12-15(18)9-10-17(13)23(20,21)19-11-5-7-14-6-3-4-8-16(14)22-2/h3-4,6,8-10,12,19H,5,7,11H2,1-2H3. The van der Waals surface area contributed by atoms with Crippen LogP contribution < -0.4 is 9.46 Å². The predicted molar refractivity (Wildman–Crippen MR) is 87.6 cm³/mol. The molecule has 0 saturated carbocycles. The minimum Gasteiger partial charge on any atom is -0.496 e. The zero-order chi connectivity index (χ0) is 16.9. The summed E-state index contributed by atoms with van der Waals surface area (Å²) in [5.74, 6) is 0.349. The van der Waals surface area contributed by atoms with Gasteiger partial charge in [0.1, 0.15) is 11.6 Å². The number of aryl methyl sites for hydroxylation is 2. The van der Waals surface area contributed by atoms with E-state index < -0.39 is 15.8 Å². The van der Waals surface area contributed by atoms with E-state index in [1.165, 1.54) is 12.1 Å². The number of sulfonamides is 1. The quantitative estimate of drug-likeness (QED) is 0.790. The van der Waals surface area contributed by atoms with Gasteiger partial charge in [-0.3, -0.25) is 0 Å². The molecule has 6 heteroatoms. The Bertz CT molecular complexity index is 775. The number of ether oxygens (including phenoxy) is 1. The predicted octanol–water partition coefficient (Wildman–Crippen LogP) is 3.05. The molecule has 0 saturated heterocycles. The minimum absolute atomic E-state index is 0.108. The SMILES string of the molecule is COc1ccccc1CCCNS(=O)(=O)c1ccc(F)cc1C. The third kappa shape index (κ3) is 4.53. The average molecular weight is 337 g/mol. The number of benzene rings is 2. The van der Waals surface area contributed by atoms with Gasteiger partial charge in [0, 0.05) is 6.54 Å². The molecule has 0 heterocycles. The Kier molecular flexibility index (Phi) is 5.74. The first-order chi connectivity index (χ1) is 10.9. The molecule has 2 rings (SSSR count). The zero-order valence-electron chi connectivity index (χ0n) is 13.2. The number of methoxy groups -OCH3 is 1. The first-order valence-electron chi connectivity index (χ1n) is 7.32. The summed E-state index contributed by atoms with van der Waals surface area (Å²) in [6.45, 7) is 1.88. The van der Waals surface area contributed by atoms with Gasteiger partial charge in [-0.25, -0.2) is 17.5 Å². The van der Waals surface area contributed by atoms with Gasteiger partial charge in [0.15, 0.2) is 0 Å². The van der Waals surface area contributed by atoms with Crippen LogP contribution in [0.3, 0.4) is 0 Å². The van der Waals surface area contributed by atoms with Crippen molar-refractivity contribution in [3.8, 4) is 5.75 Å². The Morgan fingerprint density at radius 3 is 2.61 bits per heavy atom. The van der Waals surface area contributed by atoms with Crippen LogP contribution in [0.1, 0.15) is 17.5 Å². The molecule has 0 radical (unpaired) electrons. The molecule has 0 aromatic heterocycles. The minimum atomic E-state index is -3.63. The molecule has 0 unspecified atom stereocenters. The maximum Gasteiger partial charge on any atom is 0.240 e. The first-order valence-corrected chi connectivity index (χ1v) is 8.80. The van der Waals surface area contributed by atoms with Crippen LogP contribution in [-0.2, 0) is 16.4 Å². The second kappa shape index (κ2) is 7.57. The molecule has 0 aliphatic carbocycles. The smallest absolute Gasteiger partial charge is 0.240 e. The van der Waals surface area contributed by atoms with E-state index in [4.69, 9.17) is 4.74 Å². The Morgan fingerprint density at radius 1 is 1.17 bits per heavy atom. The molecule has 0 fully saturated rings. The molecule has 4 nitrogen and oxygen atoms in total. The van der Waals surface area contributed by atoms with Gasteiger partial charge in [-0.2, -0.15) is 0 Å². The highest BCUT2D eigenvalue weighted by molar-refractivity contribution is 7.89. The highest BCUT2D eigenvalue weighted by Crippen LogP contribution is 2.19. The fraction of sp³-hybridized carbons (Fsp3) is 0.294. The average Bonchev–Trinajstić information content (AvgIpc) is 2.51. The second-order valence-electron chi connectivity index (χ2n) is 5.22. The number of para-hydroxylation sites is 1. The van der Waals surface area contributed by atoms with Crippen molar-refractivity contribution < 1.29 is 17.5 Å².